The van der Waals surface area contributed by atoms with Crippen molar-refractivity contribution in [3.05, 3.63) is 50.6 Å². The number of carbonyl (C=O) groups is 1. The van der Waals surface area contributed by atoms with Gasteiger partial charge in [0.2, 0.25) is 0 Å². The topological polar surface area (TPSA) is 59.3 Å². The number of thiophene rings is 1. The predicted molar refractivity (Wildman–Crippen MR) is 83.2 cm³/mol. The number of nitrogens with zero attached hydrogens (tertiary/aromatic N) is 3. The summed E-state index contributed by atoms with van der Waals surface area (Å²) >= 11 is 7.04. The molecule has 0 aliphatic heterocycles. The lowest BCUT2D eigenvalue weighted by Crippen LogP contribution is -2.23. The van der Waals surface area contributed by atoms with Crippen LogP contribution in [-0.2, 0) is 12.7 Å². The first-order valence-corrected chi connectivity index (χ1v) is 7.96. The number of aromatic nitrogens is 3. The van der Waals surface area contributed by atoms with Crippen LogP contribution in [0.2, 0.25) is 5.02 Å². The minimum atomic E-state index is -4.60. The SMILES string of the molecule is Cc1ccsc1C(=O)NCc1nnc2c(C(F)(F)F)cc(Cl)cn12. The first-order valence-electron chi connectivity index (χ1n) is 6.70. The van der Waals surface area contributed by atoms with Gasteiger partial charge in [-0.1, -0.05) is 11.6 Å². The van der Waals surface area contributed by atoms with Gasteiger partial charge in [0.25, 0.3) is 5.91 Å². The average molecular weight is 375 g/mol. The maximum Gasteiger partial charge on any atom is 0.420 e. The molecule has 0 aliphatic carbocycles. The molecule has 0 atom stereocenters. The third kappa shape index (κ3) is 3.09. The highest BCUT2D eigenvalue weighted by Crippen LogP contribution is 2.33. The van der Waals surface area contributed by atoms with Crippen LogP contribution in [0.25, 0.3) is 5.65 Å². The Bertz CT molecular complexity index is 919. The van der Waals surface area contributed by atoms with E-state index < -0.39 is 11.7 Å². The normalized spacial score (nSPS) is 11.9. The molecule has 0 saturated carbocycles. The first-order chi connectivity index (χ1) is 11.3. The molecule has 0 fully saturated rings. The highest BCUT2D eigenvalue weighted by Gasteiger charge is 2.35. The molecule has 1 N–H and O–H groups in total. The Morgan fingerprint density at radius 2 is 2.17 bits per heavy atom. The van der Waals surface area contributed by atoms with E-state index in [0.29, 0.717) is 4.88 Å². The van der Waals surface area contributed by atoms with Gasteiger partial charge in [-0.2, -0.15) is 13.2 Å². The van der Waals surface area contributed by atoms with Gasteiger partial charge in [0.05, 0.1) is 16.4 Å². The van der Waals surface area contributed by atoms with Gasteiger partial charge >= 0.3 is 6.18 Å². The summed E-state index contributed by atoms with van der Waals surface area (Å²) in [6.07, 6.45) is -3.32. The highest BCUT2D eigenvalue weighted by atomic mass is 35.5. The smallest absolute Gasteiger partial charge is 0.344 e. The van der Waals surface area contributed by atoms with Gasteiger partial charge in [0.1, 0.15) is 5.56 Å². The molecule has 0 saturated heterocycles. The second kappa shape index (κ2) is 6.06. The van der Waals surface area contributed by atoms with Gasteiger partial charge in [-0.15, -0.1) is 21.5 Å². The molecule has 3 aromatic heterocycles. The second-order valence-electron chi connectivity index (χ2n) is 5.00. The van der Waals surface area contributed by atoms with Gasteiger partial charge in [-0.3, -0.25) is 9.20 Å². The maximum atomic E-state index is 13.0. The van der Waals surface area contributed by atoms with Crippen molar-refractivity contribution in [2.75, 3.05) is 0 Å². The van der Waals surface area contributed by atoms with Crippen LogP contribution < -0.4 is 5.32 Å². The van der Waals surface area contributed by atoms with Crippen LogP contribution >= 0.6 is 22.9 Å². The monoisotopic (exact) mass is 374 g/mol. The van der Waals surface area contributed by atoms with Gasteiger partial charge in [-0.25, -0.2) is 0 Å². The minimum absolute atomic E-state index is 0.0744. The van der Waals surface area contributed by atoms with Crippen LogP contribution in [0.4, 0.5) is 13.2 Å². The van der Waals surface area contributed by atoms with Crippen molar-refractivity contribution in [1.29, 1.82) is 0 Å². The lowest BCUT2D eigenvalue weighted by Gasteiger charge is -2.09. The fourth-order valence-electron chi connectivity index (χ4n) is 2.18. The molecule has 0 bridgehead atoms. The number of alkyl halides is 3. The molecule has 0 aliphatic rings. The summed E-state index contributed by atoms with van der Waals surface area (Å²) in [6.45, 7) is 1.72. The van der Waals surface area contributed by atoms with E-state index in [9.17, 15) is 18.0 Å². The zero-order chi connectivity index (χ0) is 17.5. The largest absolute Gasteiger partial charge is 0.420 e. The fourth-order valence-corrected chi connectivity index (χ4v) is 3.23. The van der Waals surface area contributed by atoms with E-state index >= 15 is 0 Å². The quantitative estimate of drug-likeness (QED) is 0.760. The Morgan fingerprint density at radius 1 is 1.42 bits per heavy atom. The molecule has 5 nitrogen and oxygen atoms in total. The predicted octanol–water partition coefficient (Wildman–Crippen LogP) is 3.70. The van der Waals surface area contributed by atoms with Gasteiger partial charge < -0.3 is 5.32 Å². The van der Waals surface area contributed by atoms with E-state index in [2.05, 4.69) is 15.5 Å². The minimum Gasteiger partial charge on any atom is -0.344 e. The van der Waals surface area contributed by atoms with Crippen LogP contribution in [0.3, 0.4) is 0 Å². The van der Waals surface area contributed by atoms with Crippen molar-refractivity contribution in [2.24, 2.45) is 0 Å². The summed E-state index contributed by atoms with van der Waals surface area (Å²) in [4.78, 5) is 12.6. The number of pyridine rings is 1. The Morgan fingerprint density at radius 3 is 2.79 bits per heavy atom. The Hall–Kier alpha value is -2.13. The van der Waals surface area contributed by atoms with Crippen LogP contribution in [-0.4, -0.2) is 20.5 Å². The van der Waals surface area contributed by atoms with Crippen LogP contribution in [0.5, 0.6) is 0 Å². The number of nitrogens with one attached hydrogen (secondary N) is 1. The van der Waals surface area contributed by atoms with E-state index in [-0.39, 0.29) is 28.9 Å². The zero-order valence-electron chi connectivity index (χ0n) is 12.2. The number of amides is 1. The first kappa shape index (κ1) is 16.7. The molecule has 0 unspecified atom stereocenters. The standard InChI is InChI=1S/C14H10ClF3N4OS/c1-7-2-3-24-11(7)13(23)19-5-10-20-21-12-9(14(16,17)18)4-8(15)6-22(10)12/h2-4,6H,5H2,1H3,(H,19,23). The van der Waals surface area contributed by atoms with Crippen LogP contribution in [0, 0.1) is 6.92 Å². The van der Waals surface area contributed by atoms with Gasteiger partial charge in [0.15, 0.2) is 11.5 Å². The maximum absolute atomic E-state index is 13.0. The van der Waals surface area contributed by atoms with Gasteiger partial charge in [-0.05, 0) is 30.0 Å². The molecular weight excluding hydrogens is 365 g/mol. The number of fused-ring (bicyclic) bond motifs is 1. The summed E-state index contributed by atoms with van der Waals surface area (Å²) in [5.41, 5.74) is -0.511. The van der Waals surface area contributed by atoms with Crippen molar-refractivity contribution in [1.82, 2.24) is 19.9 Å². The van der Waals surface area contributed by atoms with Crippen molar-refractivity contribution >= 4 is 34.5 Å². The molecule has 0 spiro atoms. The summed E-state index contributed by atoms with van der Waals surface area (Å²) in [7, 11) is 0. The average Bonchev–Trinajstić information content (AvgIpc) is 3.09. The molecule has 0 aromatic carbocycles. The molecule has 3 aromatic rings. The van der Waals surface area contributed by atoms with E-state index in [0.717, 1.165) is 16.0 Å². The molecule has 3 heterocycles. The van der Waals surface area contributed by atoms with E-state index in [4.69, 9.17) is 11.6 Å². The van der Waals surface area contributed by atoms with Crippen molar-refractivity contribution in [2.45, 2.75) is 19.6 Å². The molecule has 24 heavy (non-hydrogen) atoms. The van der Waals surface area contributed by atoms with E-state index in [1.54, 1.807) is 18.4 Å². The van der Waals surface area contributed by atoms with Crippen molar-refractivity contribution in [3.8, 4) is 0 Å². The van der Waals surface area contributed by atoms with Crippen molar-refractivity contribution < 1.29 is 18.0 Å². The summed E-state index contributed by atoms with van der Waals surface area (Å²) in [6, 6.07) is 2.60. The Labute approximate surface area is 143 Å². The number of carbonyl (C=O) groups excluding carboxylic acids is 1. The summed E-state index contributed by atoms with van der Waals surface area (Å²) in [5, 5.41) is 11.6. The number of aryl methyl sites for hydroxylation is 1. The summed E-state index contributed by atoms with van der Waals surface area (Å²) in [5.74, 6) is -0.169. The third-order valence-electron chi connectivity index (χ3n) is 3.32. The molecular formula is C14H10ClF3N4OS. The number of halogens is 4. The molecule has 1 amide bonds. The third-order valence-corrected chi connectivity index (χ3v) is 4.54. The van der Waals surface area contributed by atoms with E-state index in [1.807, 2.05) is 0 Å². The molecule has 0 radical (unpaired) electrons. The second-order valence-corrected chi connectivity index (χ2v) is 6.35. The van der Waals surface area contributed by atoms with E-state index in [1.165, 1.54) is 17.5 Å². The lowest BCUT2D eigenvalue weighted by molar-refractivity contribution is -0.136. The molecule has 126 valence electrons. The summed E-state index contributed by atoms with van der Waals surface area (Å²) < 4.78 is 40.3. The van der Waals surface area contributed by atoms with Crippen LogP contribution in [0.1, 0.15) is 26.6 Å². The number of hydrogen-bond donors (Lipinski definition) is 1. The zero-order valence-corrected chi connectivity index (χ0v) is 13.8. The van der Waals surface area contributed by atoms with Crippen molar-refractivity contribution in [3.63, 3.8) is 0 Å². The highest BCUT2D eigenvalue weighted by molar-refractivity contribution is 7.12. The Kier molecular flexibility index (Phi) is 4.22. The van der Waals surface area contributed by atoms with Crippen LogP contribution in [0.15, 0.2) is 23.7 Å². The number of rotatable bonds is 3. The van der Waals surface area contributed by atoms with Gasteiger partial charge in [0, 0.05) is 6.20 Å². The fraction of sp³-hybridized carbons (Fsp3) is 0.214. The Balaban J connectivity index is 1.90. The number of hydrogen-bond acceptors (Lipinski definition) is 4. The molecule has 3 rings (SSSR count). The molecule has 10 heteroatoms. The lowest BCUT2D eigenvalue weighted by atomic mass is 10.2.